The summed E-state index contributed by atoms with van der Waals surface area (Å²) in [5.41, 5.74) is -0.174. The van der Waals surface area contributed by atoms with Crippen molar-refractivity contribution in [1.82, 2.24) is 10.2 Å². The van der Waals surface area contributed by atoms with Crippen molar-refractivity contribution in [1.29, 1.82) is 0 Å². The number of ether oxygens (including phenoxy) is 1. The molecule has 98 valence electrons. The Morgan fingerprint density at radius 2 is 2.06 bits per heavy atom. The van der Waals surface area contributed by atoms with Crippen molar-refractivity contribution >= 4 is 5.91 Å². The fourth-order valence-corrected chi connectivity index (χ4v) is 2.97. The summed E-state index contributed by atoms with van der Waals surface area (Å²) >= 11 is 0. The van der Waals surface area contributed by atoms with Gasteiger partial charge in [-0.2, -0.15) is 0 Å². The van der Waals surface area contributed by atoms with Crippen LogP contribution in [0.2, 0.25) is 0 Å². The summed E-state index contributed by atoms with van der Waals surface area (Å²) in [6.07, 6.45) is 7.79. The van der Waals surface area contributed by atoms with E-state index in [1.165, 1.54) is 12.8 Å². The van der Waals surface area contributed by atoms with Crippen LogP contribution in [0.1, 0.15) is 44.9 Å². The van der Waals surface area contributed by atoms with Crippen molar-refractivity contribution in [3.8, 4) is 0 Å². The molecule has 0 aromatic rings. The third-order valence-corrected chi connectivity index (χ3v) is 4.04. The molecule has 0 aromatic carbocycles. The van der Waals surface area contributed by atoms with Crippen LogP contribution >= 0.6 is 0 Å². The number of hydrogen-bond acceptors (Lipinski definition) is 3. The molecule has 1 aliphatic carbocycles. The smallest absolute Gasteiger partial charge is 0.243 e. The molecule has 2 aliphatic rings. The number of rotatable bonds is 6. The van der Waals surface area contributed by atoms with Gasteiger partial charge in [0.05, 0.1) is 12.2 Å². The Balaban J connectivity index is 1.71. The van der Waals surface area contributed by atoms with Gasteiger partial charge < -0.3 is 9.64 Å². The minimum absolute atomic E-state index is 0.174. The molecule has 4 nitrogen and oxygen atoms in total. The molecular formula is C13H24N2O2. The maximum absolute atomic E-state index is 12.3. The predicted molar refractivity (Wildman–Crippen MR) is 66.6 cm³/mol. The molecule has 0 atom stereocenters. The molecule has 17 heavy (non-hydrogen) atoms. The molecule has 1 N–H and O–H groups in total. The first-order valence-corrected chi connectivity index (χ1v) is 6.82. The van der Waals surface area contributed by atoms with Crippen LogP contribution in [0.25, 0.3) is 0 Å². The molecule has 1 amide bonds. The van der Waals surface area contributed by atoms with E-state index >= 15 is 0 Å². The molecule has 4 heteroatoms. The molecule has 2 rings (SSSR count). The minimum Gasteiger partial charge on any atom is -0.385 e. The molecule has 1 heterocycles. The lowest BCUT2D eigenvalue weighted by molar-refractivity contribution is -0.132. The predicted octanol–water partition coefficient (Wildman–Crippen LogP) is 1.51. The van der Waals surface area contributed by atoms with E-state index in [9.17, 15) is 4.79 Å². The van der Waals surface area contributed by atoms with Gasteiger partial charge in [0.1, 0.15) is 0 Å². The van der Waals surface area contributed by atoms with Gasteiger partial charge in [0.25, 0.3) is 0 Å². The molecule has 1 saturated heterocycles. The molecule has 0 radical (unpaired) electrons. The van der Waals surface area contributed by atoms with Crippen LogP contribution < -0.4 is 5.32 Å². The molecule has 0 aromatic heterocycles. The lowest BCUT2D eigenvalue weighted by Gasteiger charge is -2.21. The van der Waals surface area contributed by atoms with Crippen LogP contribution in [0.4, 0.5) is 0 Å². The molecule has 1 spiro atoms. The fraction of sp³-hybridized carbons (Fsp3) is 0.923. The first kappa shape index (κ1) is 12.8. The van der Waals surface area contributed by atoms with E-state index in [2.05, 4.69) is 5.32 Å². The van der Waals surface area contributed by atoms with E-state index in [0.29, 0.717) is 5.91 Å². The fourth-order valence-electron chi connectivity index (χ4n) is 2.97. The standard InChI is InChI=1S/C13H24N2O2/c1-17-10-6-2-5-9-15-11-14-13(12(15)16)7-3-4-8-13/h14H,2-11H2,1H3. The van der Waals surface area contributed by atoms with Crippen LogP contribution in [0.5, 0.6) is 0 Å². The quantitative estimate of drug-likeness (QED) is 0.715. The highest BCUT2D eigenvalue weighted by atomic mass is 16.5. The zero-order chi connectivity index (χ0) is 12.1. The maximum atomic E-state index is 12.3. The number of amides is 1. The van der Waals surface area contributed by atoms with Gasteiger partial charge in [0.15, 0.2) is 0 Å². The van der Waals surface area contributed by atoms with Gasteiger partial charge in [0.2, 0.25) is 5.91 Å². The highest BCUT2D eigenvalue weighted by Crippen LogP contribution is 2.34. The second kappa shape index (κ2) is 5.83. The van der Waals surface area contributed by atoms with Crippen LogP contribution in [-0.2, 0) is 9.53 Å². The summed E-state index contributed by atoms with van der Waals surface area (Å²) in [5.74, 6) is 0.349. The lowest BCUT2D eigenvalue weighted by atomic mass is 9.98. The monoisotopic (exact) mass is 240 g/mol. The van der Waals surface area contributed by atoms with E-state index in [4.69, 9.17) is 4.74 Å². The number of carbonyl (C=O) groups excluding carboxylic acids is 1. The largest absolute Gasteiger partial charge is 0.385 e. The van der Waals surface area contributed by atoms with Crippen molar-refractivity contribution < 1.29 is 9.53 Å². The Morgan fingerprint density at radius 3 is 2.76 bits per heavy atom. The Labute approximate surface area is 104 Å². The summed E-state index contributed by atoms with van der Waals surface area (Å²) < 4.78 is 5.02. The molecule has 0 bridgehead atoms. The van der Waals surface area contributed by atoms with Crippen LogP contribution in [0.3, 0.4) is 0 Å². The zero-order valence-corrected chi connectivity index (χ0v) is 10.8. The minimum atomic E-state index is -0.174. The second-order valence-corrected chi connectivity index (χ2v) is 5.25. The molecule has 1 aliphatic heterocycles. The summed E-state index contributed by atoms with van der Waals surface area (Å²) in [6, 6.07) is 0. The van der Waals surface area contributed by atoms with E-state index in [1.807, 2.05) is 4.90 Å². The van der Waals surface area contributed by atoms with Crippen LogP contribution in [-0.4, -0.2) is 43.3 Å². The number of nitrogens with zero attached hydrogens (tertiary/aromatic N) is 1. The van der Waals surface area contributed by atoms with E-state index in [1.54, 1.807) is 7.11 Å². The molecular weight excluding hydrogens is 216 g/mol. The van der Waals surface area contributed by atoms with Gasteiger partial charge in [-0.05, 0) is 32.1 Å². The van der Waals surface area contributed by atoms with Crippen LogP contribution in [0.15, 0.2) is 0 Å². The Morgan fingerprint density at radius 1 is 1.29 bits per heavy atom. The third kappa shape index (κ3) is 2.80. The topological polar surface area (TPSA) is 41.6 Å². The van der Waals surface area contributed by atoms with Crippen molar-refractivity contribution in [2.45, 2.75) is 50.5 Å². The van der Waals surface area contributed by atoms with Gasteiger partial charge in [-0.15, -0.1) is 0 Å². The van der Waals surface area contributed by atoms with Crippen LogP contribution in [0, 0.1) is 0 Å². The first-order valence-electron chi connectivity index (χ1n) is 6.82. The summed E-state index contributed by atoms with van der Waals surface area (Å²) in [7, 11) is 1.73. The summed E-state index contributed by atoms with van der Waals surface area (Å²) in [6.45, 7) is 2.48. The second-order valence-electron chi connectivity index (χ2n) is 5.25. The van der Waals surface area contributed by atoms with Crippen molar-refractivity contribution in [2.24, 2.45) is 0 Å². The van der Waals surface area contributed by atoms with Gasteiger partial charge in [-0.3, -0.25) is 10.1 Å². The first-order chi connectivity index (χ1) is 8.28. The van der Waals surface area contributed by atoms with Gasteiger partial charge in [-0.1, -0.05) is 12.8 Å². The molecule has 1 saturated carbocycles. The molecule has 2 fully saturated rings. The normalized spacial score (nSPS) is 22.9. The van der Waals surface area contributed by atoms with Gasteiger partial charge in [-0.25, -0.2) is 0 Å². The number of methoxy groups -OCH3 is 1. The number of nitrogens with one attached hydrogen (secondary N) is 1. The maximum Gasteiger partial charge on any atom is 0.243 e. The number of hydrogen-bond donors (Lipinski definition) is 1. The SMILES string of the molecule is COCCCCCN1CNC2(CCCC2)C1=O. The van der Waals surface area contributed by atoms with Crippen molar-refractivity contribution in [3.05, 3.63) is 0 Å². The Hall–Kier alpha value is -0.610. The zero-order valence-electron chi connectivity index (χ0n) is 10.8. The molecule has 0 unspecified atom stereocenters. The van der Waals surface area contributed by atoms with E-state index in [-0.39, 0.29) is 5.54 Å². The van der Waals surface area contributed by atoms with Gasteiger partial charge >= 0.3 is 0 Å². The highest BCUT2D eigenvalue weighted by Gasteiger charge is 2.47. The third-order valence-electron chi connectivity index (χ3n) is 4.04. The lowest BCUT2D eigenvalue weighted by Crippen LogP contribution is -2.43. The number of carbonyl (C=O) groups is 1. The van der Waals surface area contributed by atoms with E-state index in [0.717, 1.165) is 51.9 Å². The Kier molecular flexibility index (Phi) is 4.40. The van der Waals surface area contributed by atoms with E-state index < -0.39 is 0 Å². The summed E-state index contributed by atoms with van der Waals surface area (Å²) in [4.78, 5) is 14.3. The van der Waals surface area contributed by atoms with Crippen molar-refractivity contribution in [2.75, 3.05) is 26.9 Å². The Bertz CT molecular complexity index is 262. The average Bonchev–Trinajstić information content (AvgIpc) is 2.92. The van der Waals surface area contributed by atoms with Gasteiger partial charge in [0, 0.05) is 20.3 Å². The summed E-state index contributed by atoms with van der Waals surface area (Å²) in [5, 5.41) is 3.44. The van der Waals surface area contributed by atoms with Crippen molar-refractivity contribution in [3.63, 3.8) is 0 Å². The highest BCUT2D eigenvalue weighted by molar-refractivity contribution is 5.88. The number of unbranched alkanes of at least 4 members (excludes halogenated alkanes) is 2. The average molecular weight is 240 g/mol.